The molecule has 2 rings (SSSR count). The summed E-state index contributed by atoms with van der Waals surface area (Å²) in [7, 11) is 3.47. The van der Waals surface area contributed by atoms with Gasteiger partial charge in [-0.15, -0.1) is 0 Å². The van der Waals surface area contributed by atoms with Gasteiger partial charge in [-0.3, -0.25) is 4.79 Å². The second-order valence-corrected chi connectivity index (χ2v) is 4.90. The Morgan fingerprint density at radius 1 is 1.42 bits per heavy atom. The van der Waals surface area contributed by atoms with Gasteiger partial charge in [0.15, 0.2) is 11.6 Å². The number of hydrogen-bond donors (Lipinski definition) is 1. The van der Waals surface area contributed by atoms with Crippen molar-refractivity contribution >= 4 is 5.91 Å². The van der Waals surface area contributed by atoms with Crippen LogP contribution in [0.3, 0.4) is 0 Å². The molecule has 1 aliphatic rings. The van der Waals surface area contributed by atoms with E-state index in [0.29, 0.717) is 5.56 Å². The first-order chi connectivity index (χ1) is 9.10. The maximum atomic E-state index is 13.5. The predicted octanol–water partition coefficient (Wildman–Crippen LogP) is 1.66. The fourth-order valence-corrected chi connectivity index (χ4v) is 2.23. The minimum absolute atomic E-state index is 0.149. The molecule has 1 aliphatic heterocycles. The Bertz CT molecular complexity index is 457. The number of likely N-dealkylation sites (tertiary alicyclic amines) is 1. The first kappa shape index (κ1) is 13.8. The summed E-state index contributed by atoms with van der Waals surface area (Å²) in [5.74, 6) is -0.592. The maximum Gasteiger partial charge on any atom is 0.251 e. The van der Waals surface area contributed by atoms with Crippen LogP contribution >= 0.6 is 0 Å². The van der Waals surface area contributed by atoms with Crippen molar-refractivity contribution < 1.29 is 13.9 Å². The zero-order valence-electron chi connectivity index (χ0n) is 11.3. The van der Waals surface area contributed by atoms with Gasteiger partial charge in [0.05, 0.1) is 7.11 Å². The molecule has 1 heterocycles. The van der Waals surface area contributed by atoms with Gasteiger partial charge in [0, 0.05) is 11.6 Å². The number of halogens is 1. The van der Waals surface area contributed by atoms with E-state index in [2.05, 4.69) is 17.3 Å². The Hall–Kier alpha value is -1.62. The van der Waals surface area contributed by atoms with Crippen LogP contribution in [0.15, 0.2) is 18.2 Å². The van der Waals surface area contributed by atoms with Crippen LogP contribution in [0, 0.1) is 5.82 Å². The molecule has 5 heteroatoms. The van der Waals surface area contributed by atoms with Gasteiger partial charge in [-0.25, -0.2) is 4.39 Å². The molecule has 0 unspecified atom stereocenters. The van der Waals surface area contributed by atoms with Crippen molar-refractivity contribution in [2.75, 3.05) is 27.2 Å². The molecule has 1 aromatic rings. The molecule has 0 atom stereocenters. The van der Waals surface area contributed by atoms with Gasteiger partial charge in [0.2, 0.25) is 0 Å². The minimum Gasteiger partial charge on any atom is -0.494 e. The standard InChI is InChI=1S/C14H19FN2O2/c1-17-7-5-11(6-8-17)16-14(18)10-3-4-13(19-2)12(15)9-10/h3-4,9,11H,5-8H2,1-2H3,(H,16,18). The zero-order valence-corrected chi connectivity index (χ0v) is 11.3. The van der Waals surface area contributed by atoms with Gasteiger partial charge in [-0.05, 0) is 51.2 Å². The second-order valence-electron chi connectivity index (χ2n) is 4.90. The topological polar surface area (TPSA) is 41.6 Å². The lowest BCUT2D eigenvalue weighted by molar-refractivity contribution is 0.0916. The second kappa shape index (κ2) is 6.02. The molecular weight excluding hydrogens is 247 g/mol. The molecule has 1 saturated heterocycles. The number of carbonyl (C=O) groups excluding carboxylic acids is 1. The van der Waals surface area contributed by atoms with Crippen molar-refractivity contribution in [3.63, 3.8) is 0 Å². The lowest BCUT2D eigenvalue weighted by Gasteiger charge is -2.29. The highest BCUT2D eigenvalue weighted by atomic mass is 19.1. The van der Waals surface area contributed by atoms with Crippen LogP contribution in [-0.4, -0.2) is 44.1 Å². The Kier molecular flexibility index (Phi) is 4.37. The number of hydrogen-bond acceptors (Lipinski definition) is 3. The zero-order chi connectivity index (χ0) is 13.8. The normalized spacial score (nSPS) is 17.2. The summed E-state index contributed by atoms with van der Waals surface area (Å²) >= 11 is 0. The molecule has 1 N–H and O–H groups in total. The highest BCUT2D eigenvalue weighted by molar-refractivity contribution is 5.94. The number of amides is 1. The smallest absolute Gasteiger partial charge is 0.251 e. The maximum absolute atomic E-state index is 13.5. The SMILES string of the molecule is COc1ccc(C(=O)NC2CCN(C)CC2)cc1F. The molecule has 1 aromatic carbocycles. The van der Waals surface area contributed by atoms with Gasteiger partial charge in [-0.2, -0.15) is 0 Å². The summed E-state index contributed by atoms with van der Waals surface area (Å²) in [5.41, 5.74) is 0.331. The number of piperidine rings is 1. The molecule has 104 valence electrons. The molecule has 0 bridgehead atoms. The van der Waals surface area contributed by atoms with Crippen LogP contribution in [0.1, 0.15) is 23.2 Å². The van der Waals surface area contributed by atoms with Gasteiger partial charge >= 0.3 is 0 Å². The Morgan fingerprint density at radius 2 is 2.11 bits per heavy atom. The lowest BCUT2D eigenvalue weighted by Crippen LogP contribution is -2.43. The van der Waals surface area contributed by atoms with Crippen molar-refractivity contribution in [1.82, 2.24) is 10.2 Å². The van der Waals surface area contributed by atoms with Crippen molar-refractivity contribution in [1.29, 1.82) is 0 Å². The van der Waals surface area contributed by atoms with E-state index in [1.807, 2.05) is 0 Å². The number of nitrogens with one attached hydrogen (secondary N) is 1. The van der Waals surface area contributed by atoms with E-state index < -0.39 is 5.82 Å². The Balaban J connectivity index is 1.98. The molecule has 0 saturated carbocycles. The number of methoxy groups -OCH3 is 1. The van der Waals surface area contributed by atoms with Crippen LogP contribution in [-0.2, 0) is 0 Å². The molecule has 0 spiro atoms. The van der Waals surface area contributed by atoms with E-state index in [1.54, 1.807) is 6.07 Å². The van der Waals surface area contributed by atoms with Crippen LogP contribution in [0.4, 0.5) is 4.39 Å². The number of nitrogens with zero attached hydrogens (tertiary/aromatic N) is 1. The van der Waals surface area contributed by atoms with Crippen LogP contribution in [0.2, 0.25) is 0 Å². The largest absolute Gasteiger partial charge is 0.494 e. The molecule has 0 radical (unpaired) electrons. The summed E-state index contributed by atoms with van der Waals surface area (Å²) in [6, 6.07) is 4.43. The van der Waals surface area contributed by atoms with E-state index in [4.69, 9.17) is 4.74 Å². The Morgan fingerprint density at radius 3 is 2.68 bits per heavy atom. The lowest BCUT2D eigenvalue weighted by atomic mass is 10.0. The highest BCUT2D eigenvalue weighted by Crippen LogP contribution is 2.18. The monoisotopic (exact) mass is 266 g/mol. The fourth-order valence-electron chi connectivity index (χ4n) is 2.23. The number of rotatable bonds is 3. The first-order valence-electron chi connectivity index (χ1n) is 6.43. The van der Waals surface area contributed by atoms with E-state index in [9.17, 15) is 9.18 Å². The third-order valence-corrected chi connectivity index (χ3v) is 3.47. The van der Waals surface area contributed by atoms with Crippen molar-refractivity contribution in [3.8, 4) is 5.75 Å². The average Bonchev–Trinajstić information content (AvgIpc) is 2.41. The van der Waals surface area contributed by atoms with Crippen LogP contribution in [0.25, 0.3) is 0 Å². The molecule has 0 aliphatic carbocycles. The summed E-state index contributed by atoms with van der Waals surface area (Å²) in [4.78, 5) is 14.2. The third kappa shape index (κ3) is 3.44. The minimum atomic E-state index is -0.515. The van der Waals surface area contributed by atoms with Gasteiger partial charge < -0.3 is 15.0 Å². The van der Waals surface area contributed by atoms with Gasteiger partial charge in [0.1, 0.15) is 0 Å². The van der Waals surface area contributed by atoms with Gasteiger partial charge in [0.25, 0.3) is 5.91 Å². The van der Waals surface area contributed by atoms with Crippen molar-refractivity contribution in [2.24, 2.45) is 0 Å². The average molecular weight is 266 g/mol. The van der Waals surface area contributed by atoms with E-state index in [1.165, 1.54) is 19.2 Å². The van der Waals surface area contributed by atoms with Gasteiger partial charge in [-0.1, -0.05) is 0 Å². The van der Waals surface area contributed by atoms with Crippen LogP contribution < -0.4 is 10.1 Å². The quantitative estimate of drug-likeness (QED) is 0.904. The number of benzene rings is 1. The molecule has 1 amide bonds. The first-order valence-corrected chi connectivity index (χ1v) is 6.43. The molecular formula is C14H19FN2O2. The molecule has 0 aromatic heterocycles. The van der Waals surface area contributed by atoms with Crippen molar-refractivity contribution in [2.45, 2.75) is 18.9 Å². The Labute approximate surface area is 112 Å². The third-order valence-electron chi connectivity index (χ3n) is 3.47. The molecule has 19 heavy (non-hydrogen) atoms. The summed E-state index contributed by atoms with van der Waals surface area (Å²) in [6.07, 6.45) is 1.86. The van der Waals surface area contributed by atoms with Crippen molar-refractivity contribution in [3.05, 3.63) is 29.6 Å². The summed E-state index contributed by atoms with van der Waals surface area (Å²) in [6.45, 7) is 1.95. The molecule has 4 nitrogen and oxygen atoms in total. The number of carbonyl (C=O) groups is 1. The highest BCUT2D eigenvalue weighted by Gasteiger charge is 2.19. The summed E-state index contributed by atoms with van der Waals surface area (Å²) < 4.78 is 18.4. The van der Waals surface area contributed by atoms with E-state index in [0.717, 1.165) is 25.9 Å². The molecule has 1 fully saturated rings. The number of ether oxygens (including phenoxy) is 1. The van der Waals surface area contributed by atoms with Crippen LogP contribution in [0.5, 0.6) is 5.75 Å². The predicted molar refractivity (Wildman–Crippen MR) is 70.9 cm³/mol. The van der Waals surface area contributed by atoms with E-state index in [-0.39, 0.29) is 17.7 Å². The fraction of sp³-hybridized carbons (Fsp3) is 0.500. The van der Waals surface area contributed by atoms with E-state index >= 15 is 0 Å². The summed E-state index contributed by atoms with van der Waals surface area (Å²) in [5, 5.41) is 2.95.